The lowest BCUT2D eigenvalue weighted by Gasteiger charge is -2.18. The molecule has 0 fully saturated rings. The standard InChI is InChI=1S/C13H29N/c1-6-7-8-12(2)9-10-13(3)11-14(4)5/h12-13H,6-11H2,1-5H3. The summed E-state index contributed by atoms with van der Waals surface area (Å²) in [6.45, 7) is 8.28. The molecule has 2 atom stereocenters. The second kappa shape index (κ2) is 8.28. The summed E-state index contributed by atoms with van der Waals surface area (Å²) in [5, 5.41) is 0. The summed E-state index contributed by atoms with van der Waals surface area (Å²) in [5.74, 6) is 1.79. The molecule has 0 radical (unpaired) electrons. The fourth-order valence-corrected chi connectivity index (χ4v) is 1.98. The maximum atomic E-state index is 2.40. The van der Waals surface area contributed by atoms with Gasteiger partial charge in [0, 0.05) is 6.54 Å². The van der Waals surface area contributed by atoms with Crippen LogP contribution in [0.15, 0.2) is 0 Å². The van der Waals surface area contributed by atoms with E-state index >= 15 is 0 Å². The van der Waals surface area contributed by atoms with Gasteiger partial charge in [0.25, 0.3) is 0 Å². The van der Waals surface area contributed by atoms with E-state index in [1.54, 1.807) is 0 Å². The molecule has 86 valence electrons. The maximum Gasteiger partial charge on any atom is 0.0000921 e. The van der Waals surface area contributed by atoms with Crippen LogP contribution in [0.5, 0.6) is 0 Å². The highest BCUT2D eigenvalue weighted by atomic mass is 15.1. The van der Waals surface area contributed by atoms with Gasteiger partial charge in [-0.05, 0) is 32.4 Å². The number of rotatable bonds is 8. The number of unbranched alkanes of at least 4 members (excludes halogenated alkanes) is 1. The van der Waals surface area contributed by atoms with Gasteiger partial charge in [0.05, 0.1) is 0 Å². The minimum atomic E-state index is 0.856. The molecule has 0 aromatic heterocycles. The fourth-order valence-electron chi connectivity index (χ4n) is 1.98. The predicted molar refractivity (Wildman–Crippen MR) is 65.6 cm³/mol. The molecule has 0 amide bonds. The predicted octanol–water partition coefficient (Wildman–Crippen LogP) is 3.79. The molecule has 0 spiro atoms. The van der Waals surface area contributed by atoms with Gasteiger partial charge in [0.1, 0.15) is 0 Å². The van der Waals surface area contributed by atoms with Crippen LogP contribution in [0.2, 0.25) is 0 Å². The van der Waals surface area contributed by atoms with Crippen LogP contribution in [-0.2, 0) is 0 Å². The first-order valence-electron chi connectivity index (χ1n) is 6.21. The van der Waals surface area contributed by atoms with Gasteiger partial charge in [-0.3, -0.25) is 0 Å². The Bertz CT molecular complexity index is 120. The molecule has 0 aromatic rings. The Hall–Kier alpha value is -0.0400. The van der Waals surface area contributed by atoms with Crippen LogP contribution in [0.1, 0.15) is 52.9 Å². The SMILES string of the molecule is CCCCC(C)CCC(C)CN(C)C. The molecule has 14 heavy (non-hydrogen) atoms. The molecule has 0 aliphatic heterocycles. The van der Waals surface area contributed by atoms with E-state index in [4.69, 9.17) is 0 Å². The molecule has 0 N–H and O–H groups in total. The summed E-state index contributed by atoms with van der Waals surface area (Å²) in [4.78, 5) is 2.29. The zero-order valence-electron chi connectivity index (χ0n) is 10.8. The van der Waals surface area contributed by atoms with Crippen LogP contribution in [0.3, 0.4) is 0 Å². The molecule has 0 aliphatic carbocycles. The summed E-state index contributed by atoms with van der Waals surface area (Å²) < 4.78 is 0. The molecule has 0 aliphatic rings. The highest BCUT2D eigenvalue weighted by Gasteiger charge is 2.07. The zero-order valence-corrected chi connectivity index (χ0v) is 10.8. The lowest BCUT2D eigenvalue weighted by Crippen LogP contribution is -2.20. The van der Waals surface area contributed by atoms with E-state index in [9.17, 15) is 0 Å². The van der Waals surface area contributed by atoms with Crippen LogP contribution in [-0.4, -0.2) is 25.5 Å². The Labute approximate surface area is 90.9 Å². The van der Waals surface area contributed by atoms with Gasteiger partial charge >= 0.3 is 0 Å². The van der Waals surface area contributed by atoms with E-state index in [1.165, 1.54) is 38.6 Å². The van der Waals surface area contributed by atoms with Crippen molar-refractivity contribution in [1.82, 2.24) is 4.90 Å². The molecule has 0 saturated heterocycles. The third kappa shape index (κ3) is 8.55. The summed E-state index contributed by atoms with van der Waals surface area (Å²) in [7, 11) is 4.33. The van der Waals surface area contributed by atoms with Crippen molar-refractivity contribution in [3.05, 3.63) is 0 Å². The summed E-state index contributed by atoms with van der Waals surface area (Å²) in [6.07, 6.45) is 6.98. The van der Waals surface area contributed by atoms with Crippen molar-refractivity contribution in [2.75, 3.05) is 20.6 Å². The van der Waals surface area contributed by atoms with Crippen molar-refractivity contribution in [2.24, 2.45) is 11.8 Å². The molecule has 0 bridgehead atoms. The van der Waals surface area contributed by atoms with Gasteiger partial charge in [0.2, 0.25) is 0 Å². The number of nitrogens with zero attached hydrogens (tertiary/aromatic N) is 1. The molecule has 0 aromatic carbocycles. The fraction of sp³-hybridized carbons (Fsp3) is 1.00. The van der Waals surface area contributed by atoms with E-state index in [0.29, 0.717) is 0 Å². The molecule has 0 saturated carbocycles. The Kier molecular flexibility index (Phi) is 8.26. The van der Waals surface area contributed by atoms with Gasteiger partial charge in [-0.1, -0.05) is 46.5 Å². The minimum Gasteiger partial charge on any atom is -0.309 e. The van der Waals surface area contributed by atoms with Gasteiger partial charge in [0.15, 0.2) is 0 Å². The largest absolute Gasteiger partial charge is 0.309 e. The molecular formula is C13H29N. The van der Waals surface area contributed by atoms with E-state index in [1.807, 2.05) is 0 Å². The second-order valence-electron chi connectivity index (χ2n) is 5.19. The van der Waals surface area contributed by atoms with E-state index in [-0.39, 0.29) is 0 Å². The van der Waals surface area contributed by atoms with Crippen LogP contribution in [0.4, 0.5) is 0 Å². The van der Waals surface area contributed by atoms with Crippen LogP contribution in [0.25, 0.3) is 0 Å². The number of hydrogen-bond donors (Lipinski definition) is 0. The van der Waals surface area contributed by atoms with Crippen LogP contribution < -0.4 is 0 Å². The van der Waals surface area contributed by atoms with Crippen molar-refractivity contribution in [3.8, 4) is 0 Å². The van der Waals surface area contributed by atoms with Crippen molar-refractivity contribution in [2.45, 2.75) is 52.9 Å². The van der Waals surface area contributed by atoms with Gasteiger partial charge in [-0.25, -0.2) is 0 Å². The smallest absolute Gasteiger partial charge is 0.0000921 e. The van der Waals surface area contributed by atoms with Crippen molar-refractivity contribution in [1.29, 1.82) is 0 Å². The molecule has 1 heteroatoms. The highest BCUT2D eigenvalue weighted by Crippen LogP contribution is 2.17. The normalized spacial score (nSPS) is 15.9. The van der Waals surface area contributed by atoms with Crippen molar-refractivity contribution < 1.29 is 0 Å². The van der Waals surface area contributed by atoms with Crippen LogP contribution in [0, 0.1) is 11.8 Å². The van der Waals surface area contributed by atoms with Gasteiger partial charge in [-0.2, -0.15) is 0 Å². The first-order chi connectivity index (χ1) is 6.56. The quantitative estimate of drug-likeness (QED) is 0.575. The lowest BCUT2D eigenvalue weighted by atomic mass is 9.94. The maximum absolute atomic E-state index is 2.40. The van der Waals surface area contributed by atoms with E-state index in [0.717, 1.165) is 11.8 Å². The number of hydrogen-bond acceptors (Lipinski definition) is 1. The Morgan fingerprint density at radius 1 is 0.929 bits per heavy atom. The zero-order chi connectivity index (χ0) is 11.0. The minimum absolute atomic E-state index is 0.856. The summed E-state index contributed by atoms with van der Waals surface area (Å²) >= 11 is 0. The lowest BCUT2D eigenvalue weighted by molar-refractivity contribution is 0.307. The summed E-state index contributed by atoms with van der Waals surface area (Å²) in [6, 6.07) is 0. The second-order valence-corrected chi connectivity index (χ2v) is 5.19. The van der Waals surface area contributed by atoms with E-state index < -0.39 is 0 Å². The third-order valence-electron chi connectivity index (χ3n) is 2.88. The Morgan fingerprint density at radius 3 is 2.00 bits per heavy atom. The average molecular weight is 199 g/mol. The first kappa shape index (κ1) is 14.0. The summed E-state index contributed by atoms with van der Waals surface area (Å²) in [5.41, 5.74) is 0. The molecule has 0 heterocycles. The Morgan fingerprint density at radius 2 is 1.50 bits per heavy atom. The first-order valence-corrected chi connectivity index (χ1v) is 6.21. The molecule has 2 unspecified atom stereocenters. The van der Waals surface area contributed by atoms with Crippen molar-refractivity contribution in [3.63, 3.8) is 0 Å². The Balaban J connectivity index is 3.40. The highest BCUT2D eigenvalue weighted by molar-refractivity contribution is 4.60. The monoisotopic (exact) mass is 199 g/mol. The van der Waals surface area contributed by atoms with Gasteiger partial charge in [-0.15, -0.1) is 0 Å². The molecule has 1 nitrogen and oxygen atoms in total. The van der Waals surface area contributed by atoms with E-state index in [2.05, 4.69) is 39.8 Å². The molecular weight excluding hydrogens is 170 g/mol. The topological polar surface area (TPSA) is 3.24 Å². The van der Waals surface area contributed by atoms with Crippen LogP contribution >= 0.6 is 0 Å². The van der Waals surface area contributed by atoms with Crippen molar-refractivity contribution >= 4 is 0 Å². The average Bonchev–Trinajstić information content (AvgIpc) is 2.10. The van der Waals surface area contributed by atoms with Gasteiger partial charge < -0.3 is 4.90 Å². The third-order valence-corrected chi connectivity index (χ3v) is 2.88. The molecule has 0 rings (SSSR count).